The summed E-state index contributed by atoms with van der Waals surface area (Å²) < 4.78 is 26.6. The number of carbonyl (C=O) groups is 1. The van der Waals surface area contributed by atoms with Crippen LogP contribution in [-0.2, 0) is 10.0 Å². The van der Waals surface area contributed by atoms with E-state index in [2.05, 4.69) is 15.5 Å². The van der Waals surface area contributed by atoms with Gasteiger partial charge >= 0.3 is 0 Å². The summed E-state index contributed by atoms with van der Waals surface area (Å²) in [6.07, 6.45) is 4.85. The van der Waals surface area contributed by atoms with Crippen molar-refractivity contribution in [1.29, 1.82) is 0 Å². The van der Waals surface area contributed by atoms with E-state index in [-0.39, 0.29) is 10.8 Å². The molecule has 7 nitrogen and oxygen atoms in total. The maximum absolute atomic E-state index is 12.5. The number of carbonyl (C=O) groups excluding carboxylic acids is 1. The summed E-state index contributed by atoms with van der Waals surface area (Å²) in [5.41, 5.74) is 4.19. The molecular formula is C18H20N4O3S. The van der Waals surface area contributed by atoms with Crippen molar-refractivity contribution in [3.8, 4) is 0 Å². The lowest BCUT2D eigenvalue weighted by molar-refractivity contribution is 0.0954. The predicted molar refractivity (Wildman–Crippen MR) is 98.3 cm³/mol. The monoisotopic (exact) mass is 372 g/mol. The highest BCUT2D eigenvalue weighted by molar-refractivity contribution is 7.89. The molecule has 1 amide bonds. The van der Waals surface area contributed by atoms with Crippen LogP contribution in [0.4, 0.5) is 0 Å². The summed E-state index contributed by atoms with van der Waals surface area (Å²) in [4.78, 5) is 16.1. The number of rotatable bonds is 5. The van der Waals surface area contributed by atoms with Gasteiger partial charge < -0.3 is 0 Å². The fourth-order valence-corrected chi connectivity index (χ4v) is 4.22. The van der Waals surface area contributed by atoms with Crippen LogP contribution in [0.2, 0.25) is 0 Å². The predicted octanol–water partition coefficient (Wildman–Crippen LogP) is 2.02. The van der Waals surface area contributed by atoms with E-state index in [9.17, 15) is 13.2 Å². The van der Waals surface area contributed by atoms with Gasteiger partial charge in [0.15, 0.2) is 0 Å². The standard InChI is InChI=1S/C18H20N4O3S/c1-14(20-21-18(23)16-5-4-10-19-13-16)15-6-8-17(9-7-15)26(24,25)22-11-2-3-12-22/h4-10,13H,2-3,11-12H2,1H3,(H,21,23)/b20-14+. The summed E-state index contributed by atoms with van der Waals surface area (Å²) in [6, 6.07) is 9.85. The van der Waals surface area contributed by atoms with Crippen LogP contribution in [0, 0.1) is 0 Å². The van der Waals surface area contributed by atoms with Gasteiger partial charge in [-0.2, -0.15) is 9.41 Å². The molecule has 0 saturated carbocycles. The van der Waals surface area contributed by atoms with Gasteiger partial charge in [0.05, 0.1) is 16.2 Å². The third-order valence-corrected chi connectivity index (χ3v) is 6.14. The number of nitrogens with one attached hydrogen (secondary N) is 1. The number of hydrogen-bond acceptors (Lipinski definition) is 5. The van der Waals surface area contributed by atoms with E-state index >= 15 is 0 Å². The Kier molecular flexibility index (Phi) is 5.43. The summed E-state index contributed by atoms with van der Waals surface area (Å²) >= 11 is 0. The second kappa shape index (κ2) is 7.76. The van der Waals surface area contributed by atoms with Crippen molar-refractivity contribution in [1.82, 2.24) is 14.7 Å². The van der Waals surface area contributed by atoms with E-state index in [1.54, 1.807) is 49.5 Å². The maximum Gasteiger partial charge on any atom is 0.272 e. The van der Waals surface area contributed by atoms with Crippen LogP contribution in [0.15, 0.2) is 58.8 Å². The van der Waals surface area contributed by atoms with E-state index in [0.717, 1.165) is 18.4 Å². The molecule has 26 heavy (non-hydrogen) atoms. The van der Waals surface area contributed by atoms with Crippen molar-refractivity contribution < 1.29 is 13.2 Å². The third-order valence-electron chi connectivity index (χ3n) is 4.22. The molecule has 1 N–H and O–H groups in total. The van der Waals surface area contributed by atoms with Gasteiger partial charge in [-0.3, -0.25) is 9.78 Å². The first-order valence-electron chi connectivity index (χ1n) is 8.34. The van der Waals surface area contributed by atoms with E-state index in [1.165, 1.54) is 10.5 Å². The summed E-state index contributed by atoms with van der Waals surface area (Å²) in [5, 5.41) is 4.07. The Bertz CT molecular complexity index is 903. The molecule has 2 heterocycles. The highest BCUT2D eigenvalue weighted by Gasteiger charge is 2.26. The topological polar surface area (TPSA) is 91.7 Å². The average molecular weight is 372 g/mol. The Morgan fingerprint density at radius 2 is 1.81 bits per heavy atom. The number of aromatic nitrogens is 1. The second-order valence-electron chi connectivity index (χ2n) is 6.02. The number of pyridine rings is 1. The molecule has 1 aromatic carbocycles. The Morgan fingerprint density at radius 1 is 1.12 bits per heavy atom. The van der Waals surface area contributed by atoms with Gasteiger partial charge in [-0.15, -0.1) is 0 Å². The number of benzene rings is 1. The maximum atomic E-state index is 12.5. The molecule has 1 aliphatic rings. The van der Waals surface area contributed by atoms with Crippen molar-refractivity contribution in [3.05, 3.63) is 59.9 Å². The molecule has 1 saturated heterocycles. The van der Waals surface area contributed by atoms with E-state index in [0.29, 0.717) is 24.4 Å². The van der Waals surface area contributed by atoms with Crippen molar-refractivity contribution in [2.45, 2.75) is 24.7 Å². The first-order chi connectivity index (χ1) is 12.5. The van der Waals surface area contributed by atoms with Crippen LogP contribution >= 0.6 is 0 Å². The van der Waals surface area contributed by atoms with Gasteiger partial charge in [0.2, 0.25) is 10.0 Å². The number of sulfonamides is 1. The molecule has 1 aliphatic heterocycles. The molecule has 1 aromatic heterocycles. The van der Waals surface area contributed by atoms with Crippen molar-refractivity contribution in [3.63, 3.8) is 0 Å². The van der Waals surface area contributed by atoms with Crippen molar-refractivity contribution in [2.24, 2.45) is 5.10 Å². The molecule has 0 bridgehead atoms. The Hall–Kier alpha value is -2.58. The van der Waals surface area contributed by atoms with Crippen LogP contribution in [0.3, 0.4) is 0 Å². The molecular weight excluding hydrogens is 352 g/mol. The van der Waals surface area contributed by atoms with E-state index in [4.69, 9.17) is 0 Å². The number of amides is 1. The highest BCUT2D eigenvalue weighted by Crippen LogP contribution is 2.21. The molecule has 1 fully saturated rings. The molecule has 0 aliphatic carbocycles. The van der Waals surface area contributed by atoms with Crippen LogP contribution in [0.25, 0.3) is 0 Å². The molecule has 0 spiro atoms. The molecule has 0 atom stereocenters. The zero-order valence-electron chi connectivity index (χ0n) is 14.4. The number of hydrogen-bond donors (Lipinski definition) is 1. The Labute approximate surface area is 152 Å². The Balaban J connectivity index is 1.70. The first-order valence-corrected chi connectivity index (χ1v) is 9.78. The first kappa shape index (κ1) is 18.2. The van der Waals surface area contributed by atoms with Crippen LogP contribution in [0.5, 0.6) is 0 Å². The highest BCUT2D eigenvalue weighted by atomic mass is 32.2. The number of nitrogens with zero attached hydrogens (tertiary/aromatic N) is 3. The summed E-state index contributed by atoms with van der Waals surface area (Å²) in [6.45, 7) is 2.89. The van der Waals surface area contributed by atoms with Gasteiger partial charge in [0, 0.05) is 25.5 Å². The smallest absolute Gasteiger partial charge is 0.267 e. The SMILES string of the molecule is C/C(=N\NC(=O)c1cccnc1)c1ccc(S(=O)(=O)N2CCCC2)cc1. The lowest BCUT2D eigenvalue weighted by Gasteiger charge is -2.15. The van der Waals surface area contributed by atoms with E-state index in [1.807, 2.05) is 0 Å². The zero-order valence-corrected chi connectivity index (χ0v) is 15.2. The summed E-state index contributed by atoms with van der Waals surface area (Å²) in [5.74, 6) is -0.356. The minimum atomic E-state index is -3.43. The lowest BCUT2D eigenvalue weighted by atomic mass is 10.1. The Morgan fingerprint density at radius 3 is 2.42 bits per heavy atom. The van der Waals surface area contributed by atoms with Gasteiger partial charge in [-0.05, 0) is 49.6 Å². The van der Waals surface area contributed by atoms with Gasteiger partial charge in [-0.1, -0.05) is 12.1 Å². The molecule has 0 unspecified atom stereocenters. The minimum absolute atomic E-state index is 0.273. The van der Waals surface area contributed by atoms with Crippen molar-refractivity contribution >= 4 is 21.6 Å². The zero-order chi connectivity index (χ0) is 18.6. The molecule has 0 radical (unpaired) electrons. The lowest BCUT2D eigenvalue weighted by Crippen LogP contribution is -2.27. The molecule has 3 rings (SSSR count). The normalized spacial score (nSPS) is 15.8. The van der Waals surface area contributed by atoms with Gasteiger partial charge in [0.1, 0.15) is 0 Å². The van der Waals surface area contributed by atoms with Crippen LogP contribution < -0.4 is 5.43 Å². The van der Waals surface area contributed by atoms with Gasteiger partial charge in [-0.25, -0.2) is 13.8 Å². The third kappa shape index (κ3) is 3.97. The minimum Gasteiger partial charge on any atom is -0.267 e. The van der Waals surface area contributed by atoms with Crippen LogP contribution in [-0.4, -0.2) is 42.4 Å². The number of hydrazone groups is 1. The average Bonchev–Trinajstić information content (AvgIpc) is 3.22. The summed E-state index contributed by atoms with van der Waals surface area (Å²) in [7, 11) is -3.43. The second-order valence-corrected chi connectivity index (χ2v) is 7.95. The van der Waals surface area contributed by atoms with E-state index < -0.39 is 10.0 Å². The van der Waals surface area contributed by atoms with Crippen molar-refractivity contribution in [2.75, 3.05) is 13.1 Å². The fraction of sp³-hybridized carbons (Fsp3) is 0.278. The molecule has 8 heteroatoms. The fourth-order valence-electron chi connectivity index (χ4n) is 2.71. The van der Waals surface area contributed by atoms with Gasteiger partial charge in [0.25, 0.3) is 5.91 Å². The quantitative estimate of drug-likeness (QED) is 0.642. The largest absolute Gasteiger partial charge is 0.272 e. The molecule has 2 aromatic rings. The molecule has 136 valence electrons. The van der Waals surface area contributed by atoms with Crippen LogP contribution in [0.1, 0.15) is 35.7 Å².